The van der Waals surface area contributed by atoms with Crippen LogP contribution in [0, 0.1) is 0 Å². The molecule has 0 atom stereocenters. The van der Waals surface area contributed by atoms with Crippen LogP contribution in [0.15, 0.2) is 6.07 Å². The molecule has 4 nitrogen and oxygen atoms in total. The lowest BCUT2D eigenvalue weighted by atomic mass is 9.94. The Kier molecular flexibility index (Phi) is 4.08. The zero-order valence-corrected chi connectivity index (χ0v) is 12.7. The van der Waals surface area contributed by atoms with Crippen LogP contribution >= 0.6 is 0 Å². The number of rotatable bonds is 5. The van der Waals surface area contributed by atoms with Crippen LogP contribution in [0.2, 0.25) is 0 Å². The highest BCUT2D eigenvalue weighted by Gasteiger charge is 2.29. The first-order chi connectivity index (χ1) is 9.81. The lowest BCUT2D eigenvalue weighted by molar-refractivity contribution is 0.416. The van der Waals surface area contributed by atoms with Crippen LogP contribution in [-0.2, 0) is 0 Å². The van der Waals surface area contributed by atoms with Crippen molar-refractivity contribution in [3.05, 3.63) is 11.9 Å². The molecule has 0 unspecified atom stereocenters. The number of nitrogens with one attached hydrogen (secondary N) is 1. The Morgan fingerprint density at radius 2 is 1.90 bits per heavy atom. The van der Waals surface area contributed by atoms with Gasteiger partial charge in [0.25, 0.3) is 0 Å². The second-order valence-electron chi connectivity index (χ2n) is 6.07. The van der Waals surface area contributed by atoms with Crippen molar-refractivity contribution in [2.45, 2.75) is 63.8 Å². The van der Waals surface area contributed by atoms with Crippen molar-refractivity contribution < 1.29 is 0 Å². The molecule has 0 bridgehead atoms. The highest BCUT2D eigenvalue weighted by molar-refractivity contribution is 5.50. The number of hydrogen-bond donors (Lipinski definition) is 1. The standard InChI is InChI=1S/C16H26N4/c1-3-20(13-7-5-4-6-8-13)15-11-14(17-2)18-16(19-15)12-9-10-12/h11-13H,3-10H2,1-2H3,(H,17,18,19). The average molecular weight is 274 g/mol. The molecule has 0 aromatic carbocycles. The molecule has 20 heavy (non-hydrogen) atoms. The van der Waals surface area contributed by atoms with E-state index in [-0.39, 0.29) is 0 Å². The van der Waals surface area contributed by atoms with E-state index < -0.39 is 0 Å². The van der Waals surface area contributed by atoms with Gasteiger partial charge < -0.3 is 10.2 Å². The molecule has 0 saturated heterocycles. The molecule has 1 aromatic heterocycles. The highest BCUT2D eigenvalue weighted by atomic mass is 15.2. The molecular weight excluding hydrogens is 248 g/mol. The summed E-state index contributed by atoms with van der Waals surface area (Å²) in [7, 11) is 1.94. The van der Waals surface area contributed by atoms with E-state index in [1.54, 1.807) is 0 Å². The van der Waals surface area contributed by atoms with Crippen molar-refractivity contribution in [1.29, 1.82) is 0 Å². The van der Waals surface area contributed by atoms with E-state index in [1.165, 1.54) is 44.9 Å². The van der Waals surface area contributed by atoms with E-state index in [4.69, 9.17) is 4.98 Å². The Bertz CT molecular complexity index is 450. The largest absolute Gasteiger partial charge is 0.373 e. The fourth-order valence-electron chi connectivity index (χ4n) is 3.25. The van der Waals surface area contributed by atoms with Gasteiger partial charge >= 0.3 is 0 Å². The first kappa shape index (κ1) is 13.7. The summed E-state index contributed by atoms with van der Waals surface area (Å²) in [4.78, 5) is 12.0. The summed E-state index contributed by atoms with van der Waals surface area (Å²) in [6.45, 7) is 3.28. The van der Waals surface area contributed by atoms with E-state index in [2.05, 4.69) is 28.2 Å². The molecule has 4 heteroatoms. The quantitative estimate of drug-likeness (QED) is 0.891. The summed E-state index contributed by atoms with van der Waals surface area (Å²) < 4.78 is 0. The van der Waals surface area contributed by atoms with E-state index in [0.717, 1.165) is 24.0 Å². The van der Waals surface area contributed by atoms with E-state index in [9.17, 15) is 0 Å². The normalized spacial score (nSPS) is 19.9. The van der Waals surface area contributed by atoms with Gasteiger partial charge in [0.2, 0.25) is 0 Å². The molecule has 0 radical (unpaired) electrons. The van der Waals surface area contributed by atoms with Gasteiger partial charge in [-0.05, 0) is 32.6 Å². The zero-order chi connectivity index (χ0) is 13.9. The van der Waals surface area contributed by atoms with E-state index in [0.29, 0.717) is 12.0 Å². The molecule has 0 aliphatic heterocycles. The van der Waals surface area contributed by atoms with Crippen molar-refractivity contribution in [2.75, 3.05) is 23.8 Å². The Balaban J connectivity index is 1.87. The summed E-state index contributed by atoms with van der Waals surface area (Å²) >= 11 is 0. The summed E-state index contributed by atoms with van der Waals surface area (Å²) in [6.07, 6.45) is 9.25. The Morgan fingerprint density at radius 3 is 2.50 bits per heavy atom. The predicted molar refractivity (Wildman–Crippen MR) is 83.4 cm³/mol. The van der Waals surface area contributed by atoms with E-state index >= 15 is 0 Å². The van der Waals surface area contributed by atoms with Crippen molar-refractivity contribution in [2.24, 2.45) is 0 Å². The molecule has 0 amide bonds. The number of aromatic nitrogens is 2. The molecular formula is C16H26N4. The molecule has 3 rings (SSSR count). The predicted octanol–water partition coefficient (Wildman–Crippen LogP) is 3.55. The maximum Gasteiger partial charge on any atom is 0.136 e. The topological polar surface area (TPSA) is 41.0 Å². The van der Waals surface area contributed by atoms with Gasteiger partial charge in [0.05, 0.1) is 0 Å². The Morgan fingerprint density at radius 1 is 1.15 bits per heavy atom. The van der Waals surface area contributed by atoms with Crippen LogP contribution in [0.3, 0.4) is 0 Å². The second-order valence-corrected chi connectivity index (χ2v) is 6.07. The van der Waals surface area contributed by atoms with Gasteiger partial charge in [-0.2, -0.15) is 0 Å². The number of anilines is 2. The summed E-state index contributed by atoms with van der Waals surface area (Å²) in [5, 5.41) is 3.19. The molecule has 2 aliphatic rings. The fourth-order valence-corrected chi connectivity index (χ4v) is 3.25. The number of nitrogens with zero attached hydrogens (tertiary/aromatic N) is 3. The third-order valence-corrected chi connectivity index (χ3v) is 4.58. The van der Waals surface area contributed by atoms with Crippen LogP contribution in [0.5, 0.6) is 0 Å². The molecule has 1 N–H and O–H groups in total. The lowest BCUT2D eigenvalue weighted by Crippen LogP contribution is -2.37. The third-order valence-electron chi connectivity index (χ3n) is 4.58. The monoisotopic (exact) mass is 274 g/mol. The van der Waals surface area contributed by atoms with Crippen LogP contribution in [0.4, 0.5) is 11.6 Å². The molecule has 1 heterocycles. The molecule has 2 saturated carbocycles. The van der Waals surface area contributed by atoms with Gasteiger partial charge in [0.1, 0.15) is 17.5 Å². The minimum absolute atomic E-state index is 0.604. The molecule has 2 aliphatic carbocycles. The van der Waals surface area contributed by atoms with Gasteiger partial charge in [0, 0.05) is 31.6 Å². The Hall–Kier alpha value is -1.32. The maximum atomic E-state index is 4.86. The second kappa shape index (κ2) is 5.98. The first-order valence-corrected chi connectivity index (χ1v) is 8.15. The molecule has 2 fully saturated rings. The number of hydrogen-bond acceptors (Lipinski definition) is 4. The fraction of sp³-hybridized carbons (Fsp3) is 0.750. The SMILES string of the molecule is CCN(c1cc(NC)nc(C2CC2)n1)C1CCCCC1. The van der Waals surface area contributed by atoms with E-state index in [1.807, 2.05) is 7.05 Å². The van der Waals surface area contributed by atoms with Gasteiger partial charge in [-0.25, -0.2) is 9.97 Å². The molecule has 0 spiro atoms. The van der Waals surface area contributed by atoms with Crippen molar-refractivity contribution in [1.82, 2.24) is 9.97 Å². The summed E-state index contributed by atoms with van der Waals surface area (Å²) in [6, 6.07) is 2.78. The van der Waals surface area contributed by atoms with Gasteiger partial charge in [-0.1, -0.05) is 19.3 Å². The molecule has 1 aromatic rings. The third kappa shape index (κ3) is 2.89. The van der Waals surface area contributed by atoms with Crippen LogP contribution in [0.25, 0.3) is 0 Å². The van der Waals surface area contributed by atoms with Crippen LogP contribution < -0.4 is 10.2 Å². The average Bonchev–Trinajstić information content (AvgIpc) is 3.33. The van der Waals surface area contributed by atoms with Crippen molar-refractivity contribution in [3.8, 4) is 0 Å². The minimum atomic E-state index is 0.604. The molecule has 110 valence electrons. The van der Waals surface area contributed by atoms with Gasteiger partial charge in [-0.15, -0.1) is 0 Å². The van der Waals surface area contributed by atoms with Crippen LogP contribution in [0.1, 0.15) is 63.6 Å². The van der Waals surface area contributed by atoms with Gasteiger partial charge in [0.15, 0.2) is 0 Å². The first-order valence-electron chi connectivity index (χ1n) is 8.15. The lowest BCUT2D eigenvalue weighted by Gasteiger charge is -2.34. The minimum Gasteiger partial charge on any atom is -0.373 e. The zero-order valence-electron chi connectivity index (χ0n) is 12.7. The Labute approximate surface area is 122 Å². The van der Waals surface area contributed by atoms with Gasteiger partial charge in [-0.3, -0.25) is 0 Å². The summed E-state index contributed by atoms with van der Waals surface area (Å²) in [5.41, 5.74) is 0. The highest BCUT2D eigenvalue weighted by Crippen LogP contribution is 2.39. The van der Waals surface area contributed by atoms with Crippen molar-refractivity contribution in [3.63, 3.8) is 0 Å². The summed E-state index contributed by atoms with van der Waals surface area (Å²) in [5.74, 6) is 3.74. The van der Waals surface area contributed by atoms with Crippen LogP contribution in [-0.4, -0.2) is 29.6 Å². The van der Waals surface area contributed by atoms with Crippen molar-refractivity contribution >= 4 is 11.6 Å². The smallest absolute Gasteiger partial charge is 0.136 e. The maximum absolute atomic E-state index is 4.86.